The van der Waals surface area contributed by atoms with E-state index in [0.29, 0.717) is 0 Å². The Kier molecular flexibility index (Phi) is 4.74. The summed E-state index contributed by atoms with van der Waals surface area (Å²) in [4.78, 5) is 4.39. The normalized spacial score (nSPS) is 12.3. The molecule has 1 heterocycles. The number of hydrogen-bond acceptors (Lipinski definition) is 2. The van der Waals surface area contributed by atoms with Crippen LogP contribution in [0.1, 0.15) is 17.2 Å². The van der Waals surface area contributed by atoms with E-state index < -0.39 is 0 Å². The Balaban J connectivity index is 1.64. The van der Waals surface area contributed by atoms with E-state index in [1.807, 2.05) is 24.4 Å². The topological polar surface area (TPSA) is 24.9 Å². The first kappa shape index (κ1) is 16.1. The summed E-state index contributed by atoms with van der Waals surface area (Å²) in [5.74, 6) is 0. The van der Waals surface area contributed by atoms with Crippen molar-refractivity contribution in [3.63, 3.8) is 0 Å². The maximum Gasteiger partial charge on any atom is 0.0703 e. The first-order valence-electron chi connectivity index (χ1n) is 8.78. The van der Waals surface area contributed by atoms with E-state index in [9.17, 15) is 0 Å². The van der Waals surface area contributed by atoms with E-state index in [1.54, 1.807) is 0 Å². The van der Waals surface area contributed by atoms with Crippen LogP contribution in [0.4, 0.5) is 5.69 Å². The number of pyridine rings is 1. The van der Waals surface area contributed by atoms with Gasteiger partial charge in [-0.3, -0.25) is 4.98 Å². The van der Waals surface area contributed by atoms with E-state index in [0.717, 1.165) is 16.6 Å². The van der Waals surface area contributed by atoms with E-state index >= 15 is 0 Å². The van der Waals surface area contributed by atoms with Gasteiger partial charge in [0.2, 0.25) is 0 Å². The Labute approximate surface area is 153 Å². The van der Waals surface area contributed by atoms with Gasteiger partial charge in [-0.15, -0.1) is 0 Å². The third-order valence-corrected chi connectivity index (χ3v) is 4.36. The molecule has 0 radical (unpaired) electrons. The van der Waals surface area contributed by atoms with Gasteiger partial charge in [0.1, 0.15) is 0 Å². The van der Waals surface area contributed by atoms with Gasteiger partial charge in [-0.1, -0.05) is 78.9 Å². The molecular formula is C24H20N2. The molecule has 26 heavy (non-hydrogen) atoms. The third-order valence-electron chi connectivity index (χ3n) is 4.36. The Hall–Kier alpha value is -3.39. The van der Waals surface area contributed by atoms with Crippen molar-refractivity contribution in [1.82, 2.24) is 4.98 Å². The second kappa shape index (κ2) is 7.66. The van der Waals surface area contributed by atoms with Crippen LogP contribution in [0.5, 0.6) is 0 Å². The van der Waals surface area contributed by atoms with Crippen LogP contribution < -0.4 is 5.32 Å². The predicted molar refractivity (Wildman–Crippen MR) is 110 cm³/mol. The molecule has 1 aromatic heterocycles. The largest absolute Gasteiger partial charge is 0.375 e. The van der Waals surface area contributed by atoms with Gasteiger partial charge < -0.3 is 5.32 Å². The number of fused-ring (bicyclic) bond motifs is 1. The first-order chi connectivity index (χ1) is 12.9. The number of nitrogens with zero attached hydrogens (tertiary/aromatic N) is 1. The summed E-state index contributed by atoms with van der Waals surface area (Å²) in [7, 11) is 0. The van der Waals surface area contributed by atoms with Gasteiger partial charge in [-0.2, -0.15) is 0 Å². The molecule has 0 aliphatic rings. The molecule has 4 rings (SSSR count). The lowest BCUT2D eigenvalue weighted by Gasteiger charge is -2.17. The molecule has 0 fully saturated rings. The molecule has 0 aliphatic heterocycles. The fourth-order valence-corrected chi connectivity index (χ4v) is 3.02. The van der Waals surface area contributed by atoms with Crippen LogP contribution in [0.25, 0.3) is 17.0 Å². The van der Waals surface area contributed by atoms with Crippen molar-refractivity contribution in [2.75, 3.05) is 5.32 Å². The molecule has 1 atom stereocenters. The van der Waals surface area contributed by atoms with Crippen LogP contribution in [0, 0.1) is 0 Å². The number of aromatic nitrogens is 1. The fourth-order valence-electron chi connectivity index (χ4n) is 3.02. The predicted octanol–water partition coefficient (Wildman–Crippen LogP) is 6.10. The van der Waals surface area contributed by atoms with Gasteiger partial charge in [0, 0.05) is 17.3 Å². The van der Waals surface area contributed by atoms with Gasteiger partial charge >= 0.3 is 0 Å². The summed E-state index contributed by atoms with van der Waals surface area (Å²) in [6.07, 6.45) is 6.19. The summed E-state index contributed by atoms with van der Waals surface area (Å²) in [5.41, 5.74) is 4.51. The number of hydrogen-bond donors (Lipinski definition) is 1. The highest BCUT2D eigenvalue weighted by Crippen LogP contribution is 2.24. The lowest BCUT2D eigenvalue weighted by Crippen LogP contribution is -2.08. The van der Waals surface area contributed by atoms with Gasteiger partial charge in [0.15, 0.2) is 0 Å². The molecule has 0 bridgehead atoms. The number of benzene rings is 3. The van der Waals surface area contributed by atoms with Crippen LogP contribution >= 0.6 is 0 Å². The minimum Gasteiger partial charge on any atom is -0.375 e. The molecule has 0 aliphatic carbocycles. The molecule has 2 heteroatoms. The molecule has 1 N–H and O–H groups in total. The minimum absolute atomic E-state index is 0.0885. The highest BCUT2D eigenvalue weighted by molar-refractivity contribution is 5.82. The molecular weight excluding hydrogens is 316 g/mol. The SMILES string of the molecule is C(=C\C(Nc1ccc2ncccc2c1)c1ccccc1)/c1ccccc1. The standard InChI is InChI=1S/C24H20N2/c1-3-8-19(9-4-1)13-15-24(20-10-5-2-6-11-20)26-22-14-16-23-21(18-22)12-7-17-25-23/h1-18,24,26H/b15-13+. The molecule has 0 amide bonds. The smallest absolute Gasteiger partial charge is 0.0703 e. The van der Waals surface area contributed by atoms with Crippen molar-refractivity contribution in [3.8, 4) is 0 Å². The van der Waals surface area contributed by atoms with Gasteiger partial charge in [0.25, 0.3) is 0 Å². The summed E-state index contributed by atoms with van der Waals surface area (Å²) in [5, 5.41) is 4.78. The molecule has 1 unspecified atom stereocenters. The van der Waals surface area contributed by atoms with E-state index in [1.165, 1.54) is 11.1 Å². The second-order valence-electron chi connectivity index (χ2n) is 6.21. The van der Waals surface area contributed by atoms with E-state index in [4.69, 9.17) is 0 Å². The maximum absolute atomic E-state index is 4.39. The van der Waals surface area contributed by atoms with Crippen LogP contribution in [-0.4, -0.2) is 4.98 Å². The van der Waals surface area contributed by atoms with Crippen molar-refractivity contribution in [2.45, 2.75) is 6.04 Å². The van der Waals surface area contributed by atoms with Crippen LogP contribution in [0.2, 0.25) is 0 Å². The highest BCUT2D eigenvalue weighted by Gasteiger charge is 2.08. The Morgan fingerprint density at radius 3 is 2.35 bits per heavy atom. The summed E-state index contributed by atoms with van der Waals surface area (Å²) in [6, 6.07) is 31.3. The fraction of sp³-hybridized carbons (Fsp3) is 0.0417. The van der Waals surface area contributed by atoms with E-state index in [-0.39, 0.29) is 6.04 Å². The van der Waals surface area contributed by atoms with Crippen molar-refractivity contribution in [3.05, 3.63) is 114 Å². The van der Waals surface area contributed by atoms with Crippen molar-refractivity contribution >= 4 is 22.7 Å². The zero-order chi connectivity index (χ0) is 17.6. The van der Waals surface area contributed by atoms with Crippen LogP contribution in [0.3, 0.4) is 0 Å². The Morgan fingerprint density at radius 1 is 0.769 bits per heavy atom. The zero-order valence-corrected chi connectivity index (χ0v) is 14.4. The maximum atomic E-state index is 4.39. The van der Waals surface area contributed by atoms with Crippen molar-refractivity contribution < 1.29 is 0 Å². The number of rotatable bonds is 5. The zero-order valence-electron chi connectivity index (χ0n) is 14.4. The lowest BCUT2D eigenvalue weighted by molar-refractivity contribution is 0.990. The molecule has 0 saturated carbocycles. The average Bonchev–Trinajstić information content (AvgIpc) is 2.72. The lowest BCUT2D eigenvalue weighted by atomic mass is 10.0. The third kappa shape index (κ3) is 3.81. The monoisotopic (exact) mass is 336 g/mol. The first-order valence-corrected chi connectivity index (χ1v) is 8.78. The quantitative estimate of drug-likeness (QED) is 0.476. The van der Waals surface area contributed by atoms with Gasteiger partial charge in [-0.05, 0) is 35.4 Å². The minimum atomic E-state index is 0.0885. The summed E-state index contributed by atoms with van der Waals surface area (Å²) in [6.45, 7) is 0. The van der Waals surface area contributed by atoms with Gasteiger partial charge in [-0.25, -0.2) is 0 Å². The molecule has 0 saturated heterocycles. The van der Waals surface area contributed by atoms with E-state index in [2.05, 4.69) is 95.2 Å². The molecule has 0 spiro atoms. The Morgan fingerprint density at radius 2 is 1.54 bits per heavy atom. The van der Waals surface area contributed by atoms with Gasteiger partial charge in [0.05, 0.1) is 11.6 Å². The summed E-state index contributed by atoms with van der Waals surface area (Å²) < 4.78 is 0. The average molecular weight is 336 g/mol. The second-order valence-corrected chi connectivity index (χ2v) is 6.21. The van der Waals surface area contributed by atoms with Crippen LogP contribution in [0.15, 0.2) is 103 Å². The molecule has 2 nitrogen and oxygen atoms in total. The van der Waals surface area contributed by atoms with Crippen molar-refractivity contribution in [2.24, 2.45) is 0 Å². The van der Waals surface area contributed by atoms with Crippen LogP contribution in [-0.2, 0) is 0 Å². The number of anilines is 1. The summed E-state index contributed by atoms with van der Waals surface area (Å²) >= 11 is 0. The van der Waals surface area contributed by atoms with Crippen molar-refractivity contribution in [1.29, 1.82) is 0 Å². The Bertz CT molecular complexity index is 1010. The molecule has 126 valence electrons. The highest BCUT2D eigenvalue weighted by atomic mass is 14.9. The molecule has 3 aromatic carbocycles. The molecule has 4 aromatic rings. The number of nitrogens with one attached hydrogen (secondary N) is 1.